The van der Waals surface area contributed by atoms with E-state index in [-0.39, 0.29) is 5.97 Å². The molecule has 0 saturated heterocycles. The number of hydrogen-bond donors (Lipinski definition) is 0. The molecular formula is C17H28O2. The van der Waals surface area contributed by atoms with Gasteiger partial charge in [-0.05, 0) is 43.9 Å². The molecule has 0 aromatic rings. The van der Waals surface area contributed by atoms with Crippen molar-refractivity contribution in [3.05, 3.63) is 11.6 Å². The average molecular weight is 264 g/mol. The van der Waals surface area contributed by atoms with Crippen LogP contribution in [0.5, 0.6) is 0 Å². The van der Waals surface area contributed by atoms with E-state index in [9.17, 15) is 4.79 Å². The molecule has 0 aromatic heterocycles. The van der Waals surface area contributed by atoms with Crippen molar-refractivity contribution in [2.24, 2.45) is 17.8 Å². The van der Waals surface area contributed by atoms with E-state index in [1.54, 1.807) is 0 Å². The van der Waals surface area contributed by atoms with E-state index in [4.69, 9.17) is 4.74 Å². The number of hydrogen-bond acceptors (Lipinski definition) is 2. The maximum absolute atomic E-state index is 12.2. The summed E-state index contributed by atoms with van der Waals surface area (Å²) in [6, 6.07) is 0. The van der Waals surface area contributed by atoms with Crippen LogP contribution in [-0.2, 0) is 9.53 Å². The second-order valence-electron chi connectivity index (χ2n) is 6.03. The Labute approximate surface area is 117 Å². The molecule has 0 N–H and O–H groups in total. The fraction of sp³-hybridized carbons (Fsp3) is 0.824. The topological polar surface area (TPSA) is 26.3 Å². The van der Waals surface area contributed by atoms with Crippen LogP contribution in [0.2, 0.25) is 0 Å². The van der Waals surface area contributed by atoms with E-state index in [0.717, 1.165) is 23.8 Å². The third-order valence-electron chi connectivity index (χ3n) is 4.91. The van der Waals surface area contributed by atoms with Crippen LogP contribution >= 0.6 is 0 Å². The standard InChI is InChI=1S/C17H28O2/c1-3-8-16(17(18)19-4-2)15-12-7-10-13-9-5-6-11-14(13)15/h8,13-15H,3-7,9-12H2,1-2H3. The number of esters is 1. The highest BCUT2D eigenvalue weighted by Crippen LogP contribution is 2.46. The summed E-state index contributed by atoms with van der Waals surface area (Å²) >= 11 is 0. The minimum Gasteiger partial charge on any atom is -0.463 e. The van der Waals surface area contributed by atoms with Gasteiger partial charge in [-0.25, -0.2) is 4.79 Å². The van der Waals surface area contributed by atoms with Gasteiger partial charge in [-0.15, -0.1) is 0 Å². The zero-order valence-electron chi connectivity index (χ0n) is 12.5. The van der Waals surface area contributed by atoms with Gasteiger partial charge in [0.25, 0.3) is 0 Å². The largest absolute Gasteiger partial charge is 0.463 e. The number of allylic oxidation sites excluding steroid dienone is 1. The van der Waals surface area contributed by atoms with Gasteiger partial charge in [0.15, 0.2) is 0 Å². The Morgan fingerprint density at radius 1 is 1.11 bits per heavy atom. The maximum atomic E-state index is 12.2. The van der Waals surface area contributed by atoms with Gasteiger partial charge in [0.1, 0.15) is 0 Å². The summed E-state index contributed by atoms with van der Waals surface area (Å²) in [4.78, 5) is 12.2. The molecule has 2 fully saturated rings. The molecular weight excluding hydrogens is 236 g/mol. The first-order valence-corrected chi connectivity index (χ1v) is 8.15. The lowest BCUT2D eigenvalue weighted by Crippen LogP contribution is -2.34. The van der Waals surface area contributed by atoms with Crippen molar-refractivity contribution in [3.8, 4) is 0 Å². The van der Waals surface area contributed by atoms with Gasteiger partial charge in [-0.2, -0.15) is 0 Å². The van der Waals surface area contributed by atoms with Gasteiger partial charge in [-0.1, -0.05) is 45.1 Å². The van der Waals surface area contributed by atoms with Crippen LogP contribution in [0.3, 0.4) is 0 Å². The molecule has 0 spiro atoms. The summed E-state index contributed by atoms with van der Waals surface area (Å²) in [6.45, 7) is 4.49. The Hall–Kier alpha value is -0.790. The Bertz CT molecular complexity index is 330. The van der Waals surface area contributed by atoms with Gasteiger partial charge in [0.2, 0.25) is 0 Å². The Balaban J connectivity index is 2.15. The maximum Gasteiger partial charge on any atom is 0.333 e. The predicted octanol–water partition coefficient (Wildman–Crippen LogP) is 4.49. The molecule has 0 bridgehead atoms. The van der Waals surface area contributed by atoms with E-state index in [1.807, 2.05) is 6.92 Å². The van der Waals surface area contributed by atoms with Crippen molar-refractivity contribution in [1.29, 1.82) is 0 Å². The number of ether oxygens (including phenoxy) is 1. The summed E-state index contributed by atoms with van der Waals surface area (Å²) in [5, 5.41) is 0. The van der Waals surface area contributed by atoms with E-state index in [0.29, 0.717) is 12.5 Å². The lowest BCUT2D eigenvalue weighted by molar-refractivity contribution is -0.139. The molecule has 3 unspecified atom stereocenters. The van der Waals surface area contributed by atoms with Crippen LogP contribution in [0, 0.1) is 17.8 Å². The predicted molar refractivity (Wildman–Crippen MR) is 77.8 cm³/mol. The summed E-state index contributed by atoms with van der Waals surface area (Å²) in [7, 11) is 0. The molecule has 2 rings (SSSR count). The average Bonchev–Trinajstić information content (AvgIpc) is 2.44. The molecule has 2 aliphatic rings. The number of rotatable bonds is 4. The van der Waals surface area contributed by atoms with Crippen LogP contribution < -0.4 is 0 Å². The second kappa shape index (κ2) is 7.12. The number of carbonyl (C=O) groups excluding carboxylic acids is 1. The monoisotopic (exact) mass is 264 g/mol. The molecule has 108 valence electrons. The van der Waals surface area contributed by atoms with Crippen molar-refractivity contribution in [2.75, 3.05) is 6.61 Å². The highest BCUT2D eigenvalue weighted by Gasteiger charge is 2.38. The molecule has 0 heterocycles. The molecule has 19 heavy (non-hydrogen) atoms. The summed E-state index contributed by atoms with van der Waals surface area (Å²) in [5.41, 5.74) is 0.987. The minimum atomic E-state index is -0.0550. The molecule has 0 aliphatic heterocycles. The third-order valence-corrected chi connectivity index (χ3v) is 4.91. The second-order valence-corrected chi connectivity index (χ2v) is 6.03. The van der Waals surface area contributed by atoms with Crippen molar-refractivity contribution in [2.45, 2.75) is 65.2 Å². The van der Waals surface area contributed by atoms with E-state index >= 15 is 0 Å². The Kier molecular flexibility index (Phi) is 5.47. The van der Waals surface area contributed by atoms with Gasteiger partial charge in [-0.3, -0.25) is 0 Å². The van der Waals surface area contributed by atoms with Crippen molar-refractivity contribution >= 4 is 5.97 Å². The first-order valence-electron chi connectivity index (χ1n) is 8.15. The Morgan fingerprint density at radius 3 is 2.58 bits per heavy atom. The van der Waals surface area contributed by atoms with E-state index < -0.39 is 0 Å². The quantitative estimate of drug-likeness (QED) is 0.552. The van der Waals surface area contributed by atoms with Crippen molar-refractivity contribution in [1.82, 2.24) is 0 Å². The van der Waals surface area contributed by atoms with Crippen LogP contribution in [-0.4, -0.2) is 12.6 Å². The lowest BCUT2D eigenvalue weighted by atomic mass is 9.63. The van der Waals surface area contributed by atoms with Gasteiger partial charge in [0, 0.05) is 5.57 Å². The van der Waals surface area contributed by atoms with E-state index in [1.165, 1.54) is 44.9 Å². The molecule has 2 aliphatic carbocycles. The van der Waals surface area contributed by atoms with Crippen LogP contribution in [0.4, 0.5) is 0 Å². The Morgan fingerprint density at radius 2 is 1.84 bits per heavy atom. The highest BCUT2D eigenvalue weighted by molar-refractivity contribution is 5.89. The molecule has 0 amide bonds. The van der Waals surface area contributed by atoms with Gasteiger partial charge in [0.05, 0.1) is 6.61 Å². The lowest BCUT2D eigenvalue weighted by Gasteiger charge is -2.42. The summed E-state index contributed by atoms with van der Waals surface area (Å²) in [6.07, 6.45) is 12.3. The third kappa shape index (κ3) is 3.40. The molecule has 2 heteroatoms. The molecule has 2 nitrogen and oxygen atoms in total. The molecule has 2 saturated carbocycles. The molecule has 0 aromatic carbocycles. The van der Waals surface area contributed by atoms with Gasteiger partial charge < -0.3 is 4.74 Å². The zero-order valence-corrected chi connectivity index (χ0v) is 12.5. The van der Waals surface area contributed by atoms with Crippen molar-refractivity contribution < 1.29 is 9.53 Å². The zero-order chi connectivity index (χ0) is 13.7. The van der Waals surface area contributed by atoms with Crippen LogP contribution in [0.15, 0.2) is 11.6 Å². The first-order chi connectivity index (χ1) is 9.27. The summed E-state index contributed by atoms with van der Waals surface area (Å²) in [5.74, 6) is 2.02. The van der Waals surface area contributed by atoms with Crippen LogP contribution in [0.25, 0.3) is 0 Å². The van der Waals surface area contributed by atoms with Crippen LogP contribution in [0.1, 0.15) is 65.2 Å². The van der Waals surface area contributed by atoms with Crippen molar-refractivity contribution in [3.63, 3.8) is 0 Å². The summed E-state index contributed by atoms with van der Waals surface area (Å²) < 4.78 is 5.28. The van der Waals surface area contributed by atoms with E-state index in [2.05, 4.69) is 13.0 Å². The van der Waals surface area contributed by atoms with Gasteiger partial charge >= 0.3 is 5.97 Å². The molecule has 0 radical (unpaired) electrons. The minimum absolute atomic E-state index is 0.0550. The first kappa shape index (κ1) is 14.6. The number of carbonyl (C=O) groups is 1. The fourth-order valence-corrected chi connectivity index (χ4v) is 4.15. The smallest absolute Gasteiger partial charge is 0.333 e. The molecule has 3 atom stereocenters. The number of fused-ring (bicyclic) bond motifs is 1. The fourth-order valence-electron chi connectivity index (χ4n) is 4.15. The SMILES string of the molecule is CCC=C(C(=O)OCC)C1CCCC2CCCCC21. The highest BCUT2D eigenvalue weighted by atomic mass is 16.5. The normalized spacial score (nSPS) is 31.7.